The molecule has 0 fully saturated rings. The minimum Gasteiger partial charge on any atom is -0.497 e. The van der Waals surface area contributed by atoms with Crippen molar-refractivity contribution in [2.24, 2.45) is 0 Å². The number of allylic oxidation sites excluding steroid dienone is 1. The van der Waals surface area contributed by atoms with Gasteiger partial charge in [-0.2, -0.15) is 5.26 Å². The summed E-state index contributed by atoms with van der Waals surface area (Å²) in [5.74, 6) is -0.335. The molecule has 2 rings (SSSR count). The van der Waals surface area contributed by atoms with Crippen LogP contribution in [0.4, 0.5) is 0 Å². The number of aromatic carboxylic acids is 1. The van der Waals surface area contributed by atoms with Crippen LogP contribution in [-0.4, -0.2) is 18.2 Å². The number of nitrogens with zero attached hydrogens (tertiary/aromatic N) is 1. The van der Waals surface area contributed by atoms with Gasteiger partial charge in [-0.25, -0.2) is 4.79 Å². The largest absolute Gasteiger partial charge is 0.497 e. The van der Waals surface area contributed by atoms with Crippen molar-refractivity contribution in [3.8, 4) is 11.8 Å². The van der Waals surface area contributed by atoms with Gasteiger partial charge < -0.3 is 9.84 Å². The number of carboxylic acids is 1. The lowest BCUT2D eigenvalue weighted by Gasteiger charge is -2.05. The molecule has 4 heteroatoms. The number of carbonyl (C=O) groups is 1. The Balaban J connectivity index is 2.46. The van der Waals surface area contributed by atoms with Gasteiger partial charge in [0.15, 0.2) is 0 Å². The van der Waals surface area contributed by atoms with Crippen molar-refractivity contribution in [3.63, 3.8) is 0 Å². The highest BCUT2D eigenvalue weighted by Gasteiger charge is 2.12. The molecule has 21 heavy (non-hydrogen) atoms. The van der Waals surface area contributed by atoms with Crippen molar-refractivity contribution in [3.05, 3.63) is 65.2 Å². The molecule has 0 aliphatic heterocycles. The molecule has 0 spiro atoms. The summed E-state index contributed by atoms with van der Waals surface area (Å²) in [6, 6.07) is 15.7. The molecule has 0 unspecified atom stereocenters. The van der Waals surface area contributed by atoms with Gasteiger partial charge in [0.05, 0.1) is 24.3 Å². The lowest BCUT2D eigenvalue weighted by Crippen LogP contribution is -2.01. The second-order valence-corrected chi connectivity index (χ2v) is 4.29. The number of nitriles is 1. The first-order valence-electron chi connectivity index (χ1n) is 6.24. The van der Waals surface area contributed by atoms with E-state index in [9.17, 15) is 15.2 Å². The number of hydrogen-bond acceptors (Lipinski definition) is 3. The minimum absolute atomic E-state index is 0.110. The number of carboxylic acid groups (broad SMARTS) is 1. The van der Waals surface area contributed by atoms with Gasteiger partial charge in [-0.15, -0.1) is 0 Å². The van der Waals surface area contributed by atoms with Crippen molar-refractivity contribution in [2.75, 3.05) is 7.11 Å². The van der Waals surface area contributed by atoms with Crippen LogP contribution in [0.15, 0.2) is 48.5 Å². The van der Waals surface area contributed by atoms with Crippen LogP contribution < -0.4 is 4.74 Å². The summed E-state index contributed by atoms with van der Waals surface area (Å²) in [5.41, 5.74) is 1.62. The van der Waals surface area contributed by atoms with Crippen LogP contribution in [0.25, 0.3) is 11.6 Å². The zero-order valence-electron chi connectivity index (χ0n) is 11.4. The van der Waals surface area contributed by atoms with Gasteiger partial charge in [-0.05, 0) is 29.8 Å². The summed E-state index contributed by atoms with van der Waals surface area (Å²) >= 11 is 0. The highest BCUT2D eigenvalue weighted by atomic mass is 16.5. The van der Waals surface area contributed by atoms with Crippen molar-refractivity contribution in [2.45, 2.75) is 0 Å². The molecule has 0 aliphatic carbocycles. The normalized spacial score (nSPS) is 10.8. The van der Waals surface area contributed by atoms with E-state index in [1.165, 1.54) is 6.07 Å². The van der Waals surface area contributed by atoms with Crippen molar-refractivity contribution >= 4 is 17.6 Å². The average molecular weight is 279 g/mol. The summed E-state index contributed by atoms with van der Waals surface area (Å²) in [6.45, 7) is 0. The molecule has 0 amide bonds. The molecule has 0 atom stereocenters. The molecule has 0 radical (unpaired) electrons. The fourth-order valence-corrected chi connectivity index (χ4v) is 1.94. The Morgan fingerprint density at radius 2 is 1.76 bits per heavy atom. The third-order valence-electron chi connectivity index (χ3n) is 2.99. The third-order valence-corrected chi connectivity index (χ3v) is 2.99. The standard InChI is InChI=1S/C17H13NO3/c1-21-14-8-6-12(7-9-14)10-13(11-18)15-4-2-3-5-16(15)17(19)20/h2-10H,1H3,(H,19,20). The topological polar surface area (TPSA) is 70.3 Å². The molecule has 2 aromatic carbocycles. The highest BCUT2D eigenvalue weighted by Crippen LogP contribution is 2.22. The van der Waals surface area contributed by atoms with Gasteiger partial charge in [0.1, 0.15) is 5.75 Å². The van der Waals surface area contributed by atoms with Crippen molar-refractivity contribution in [1.82, 2.24) is 0 Å². The van der Waals surface area contributed by atoms with Gasteiger partial charge >= 0.3 is 5.97 Å². The molecule has 1 N–H and O–H groups in total. The molecule has 0 aromatic heterocycles. The van der Waals surface area contributed by atoms with Gasteiger partial charge in [0.25, 0.3) is 0 Å². The van der Waals surface area contributed by atoms with Crippen LogP contribution in [0.3, 0.4) is 0 Å². The first kappa shape index (κ1) is 14.4. The Bertz CT molecular complexity index is 724. The van der Waals surface area contributed by atoms with E-state index in [1.54, 1.807) is 55.7 Å². The van der Waals surface area contributed by atoms with E-state index in [0.29, 0.717) is 11.1 Å². The Morgan fingerprint density at radius 3 is 2.29 bits per heavy atom. The Kier molecular flexibility index (Phi) is 4.37. The average Bonchev–Trinajstić information content (AvgIpc) is 2.53. The number of benzene rings is 2. The molecule has 0 saturated carbocycles. The van der Waals surface area contributed by atoms with Crippen LogP contribution in [0.2, 0.25) is 0 Å². The molecule has 2 aromatic rings. The maximum atomic E-state index is 11.2. The van der Waals surface area contributed by atoms with Gasteiger partial charge in [0.2, 0.25) is 0 Å². The molecule has 0 aliphatic rings. The predicted octanol–water partition coefficient (Wildman–Crippen LogP) is 3.46. The van der Waals surface area contributed by atoms with Crippen LogP contribution in [0.5, 0.6) is 5.75 Å². The second kappa shape index (κ2) is 6.40. The monoisotopic (exact) mass is 279 g/mol. The molecular weight excluding hydrogens is 266 g/mol. The van der Waals surface area contributed by atoms with E-state index in [0.717, 1.165) is 11.3 Å². The van der Waals surface area contributed by atoms with Gasteiger partial charge in [0, 0.05) is 5.56 Å². The summed E-state index contributed by atoms with van der Waals surface area (Å²) in [4.78, 5) is 11.2. The van der Waals surface area contributed by atoms with E-state index < -0.39 is 5.97 Å². The molecule has 104 valence electrons. The lowest BCUT2D eigenvalue weighted by molar-refractivity contribution is 0.0696. The molecule has 0 saturated heterocycles. The Hall–Kier alpha value is -3.06. The maximum absolute atomic E-state index is 11.2. The van der Waals surface area contributed by atoms with Crippen LogP contribution in [-0.2, 0) is 0 Å². The number of methoxy groups -OCH3 is 1. The zero-order chi connectivity index (χ0) is 15.2. The number of hydrogen-bond donors (Lipinski definition) is 1. The predicted molar refractivity (Wildman–Crippen MR) is 79.9 cm³/mol. The number of ether oxygens (including phenoxy) is 1. The lowest BCUT2D eigenvalue weighted by atomic mass is 9.98. The van der Waals surface area contributed by atoms with Gasteiger partial charge in [-0.1, -0.05) is 30.3 Å². The fourth-order valence-electron chi connectivity index (χ4n) is 1.94. The summed E-state index contributed by atoms with van der Waals surface area (Å²) in [5, 5.41) is 18.5. The van der Waals surface area contributed by atoms with Crippen LogP contribution in [0.1, 0.15) is 21.5 Å². The second-order valence-electron chi connectivity index (χ2n) is 4.29. The van der Waals surface area contributed by atoms with Crippen LogP contribution in [0, 0.1) is 11.3 Å². The maximum Gasteiger partial charge on any atom is 0.336 e. The first-order chi connectivity index (χ1) is 10.2. The summed E-state index contributed by atoms with van der Waals surface area (Å²) < 4.78 is 5.07. The van der Waals surface area contributed by atoms with E-state index in [-0.39, 0.29) is 5.56 Å². The van der Waals surface area contributed by atoms with Gasteiger partial charge in [-0.3, -0.25) is 0 Å². The molecule has 4 nitrogen and oxygen atoms in total. The molecular formula is C17H13NO3. The number of rotatable bonds is 4. The quantitative estimate of drug-likeness (QED) is 0.687. The van der Waals surface area contributed by atoms with E-state index in [1.807, 2.05) is 0 Å². The van der Waals surface area contributed by atoms with Crippen LogP contribution >= 0.6 is 0 Å². The molecule has 0 heterocycles. The Labute approximate surface area is 122 Å². The van der Waals surface area contributed by atoms with E-state index in [4.69, 9.17) is 4.74 Å². The van der Waals surface area contributed by atoms with E-state index in [2.05, 4.69) is 6.07 Å². The first-order valence-corrected chi connectivity index (χ1v) is 6.24. The Morgan fingerprint density at radius 1 is 1.14 bits per heavy atom. The van der Waals surface area contributed by atoms with E-state index >= 15 is 0 Å². The summed E-state index contributed by atoms with van der Waals surface area (Å²) in [7, 11) is 1.58. The van der Waals surface area contributed by atoms with Crippen molar-refractivity contribution < 1.29 is 14.6 Å². The zero-order valence-corrected chi connectivity index (χ0v) is 11.4. The fraction of sp³-hybridized carbons (Fsp3) is 0.0588. The third kappa shape index (κ3) is 3.28. The highest BCUT2D eigenvalue weighted by molar-refractivity contribution is 6.00. The summed E-state index contributed by atoms with van der Waals surface area (Å²) in [6.07, 6.45) is 1.65. The smallest absolute Gasteiger partial charge is 0.336 e. The van der Waals surface area contributed by atoms with Crippen molar-refractivity contribution in [1.29, 1.82) is 5.26 Å². The molecule has 0 bridgehead atoms. The SMILES string of the molecule is COc1ccc(C=C(C#N)c2ccccc2C(=O)O)cc1. The minimum atomic E-state index is -1.05.